The number of rotatable bonds is 3. The molecule has 2 aromatic rings. The van der Waals surface area contributed by atoms with Crippen molar-refractivity contribution >= 4 is 69.2 Å². The van der Waals surface area contributed by atoms with E-state index in [1.165, 1.54) is 18.2 Å². The predicted octanol–water partition coefficient (Wildman–Crippen LogP) is 4.36. The minimum atomic E-state index is -3.68. The van der Waals surface area contributed by atoms with Crippen LogP contribution in [0.4, 0.5) is 11.4 Å². The van der Waals surface area contributed by atoms with Gasteiger partial charge in [0.15, 0.2) is 0 Å². The lowest BCUT2D eigenvalue weighted by atomic mass is 10.3. The minimum Gasteiger partial charge on any atom is -0.398 e. The Morgan fingerprint density at radius 2 is 1.65 bits per heavy atom. The van der Waals surface area contributed by atoms with Gasteiger partial charge in [-0.05, 0) is 68.3 Å². The van der Waals surface area contributed by atoms with Crippen LogP contribution < -0.4 is 10.5 Å². The minimum absolute atomic E-state index is 0.130. The Kier molecular flexibility index (Phi) is 4.78. The fourth-order valence-electron chi connectivity index (χ4n) is 1.45. The molecule has 0 aliphatic heterocycles. The van der Waals surface area contributed by atoms with Crippen LogP contribution in [0, 0.1) is 0 Å². The first-order valence-corrected chi connectivity index (χ1v) is 9.19. The molecule has 0 spiro atoms. The van der Waals surface area contributed by atoms with Gasteiger partial charge in [-0.25, -0.2) is 8.42 Å². The molecule has 0 aromatic heterocycles. The van der Waals surface area contributed by atoms with Crippen molar-refractivity contribution in [2.24, 2.45) is 0 Å². The van der Waals surface area contributed by atoms with E-state index in [1.807, 2.05) is 6.07 Å². The highest BCUT2D eigenvalue weighted by molar-refractivity contribution is 9.11. The van der Waals surface area contributed by atoms with Gasteiger partial charge in [-0.2, -0.15) is 0 Å². The van der Waals surface area contributed by atoms with E-state index >= 15 is 0 Å². The summed E-state index contributed by atoms with van der Waals surface area (Å²) in [5.74, 6) is 0. The van der Waals surface area contributed by atoms with Crippen LogP contribution in [0.3, 0.4) is 0 Å². The number of anilines is 2. The number of hydrogen-bond acceptors (Lipinski definition) is 3. The molecule has 20 heavy (non-hydrogen) atoms. The van der Waals surface area contributed by atoms with Crippen molar-refractivity contribution in [1.82, 2.24) is 0 Å². The third-order valence-electron chi connectivity index (χ3n) is 2.45. The number of nitrogen functional groups attached to an aromatic ring is 1. The van der Waals surface area contributed by atoms with Crippen molar-refractivity contribution in [3.05, 3.63) is 49.8 Å². The van der Waals surface area contributed by atoms with Gasteiger partial charge in [0.25, 0.3) is 10.0 Å². The Morgan fingerprint density at radius 3 is 2.30 bits per heavy atom. The lowest BCUT2D eigenvalue weighted by Gasteiger charge is -2.11. The number of sulfonamides is 1. The summed E-state index contributed by atoms with van der Waals surface area (Å²) < 4.78 is 29.1. The molecule has 0 unspecified atom stereocenters. The lowest BCUT2D eigenvalue weighted by Crippen LogP contribution is -2.13. The zero-order valence-electron chi connectivity index (χ0n) is 9.90. The van der Waals surface area contributed by atoms with E-state index in [1.54, 1.807) is 12.1 Å². The summed E-state index contributed by atoms with van der Waals surface area (Å²) in [4.78, 5) is 0.130. The summed E-state index contributed by atoms with van der Waals surface area (Å²) in [5, 5.41) is 0. The fraction of sp³-hybridized carbons (Fsp3) is 0. The quantitative estimate of drug-likeness (QED) is 0.636. The summed E-state index contributed by atoms with van der Waals surface area (Å²) >= 11 is 9.82. The van der Waals surface area contributed by atoms with Gasteiger partial charge in [0, 0.05) is 19.1 Å². The standard InChI is InChI=1S/C12H9Br3N2O2S/c13-7-1-3-9(14)12(5-7)17-20(18,19)8-2-4-11(16)10(15)6-8/h1-6,17H,16H2. The summed E-state index contributed by atoms with van der Waals surface area (Å²) in [6, 6.07) is 9.68. The van der Waals surface area contributed by atoms with Crippen LogP contribution in [-0.4, -0.2) is 8.42 Å². The van der Waals surface area contributed by atoms with Gasteiger partial charge < -0.3 is 5.73 Å². The summed E-state index contributed by atoms with van der Waals surface area (Å²) in [6.07, 6.45) is 0. The van der Waals surface area contributed by atoms with Crippen molar-refractivity contribution < 1.29 is 8.42 Å². The molecule has 0 fully saturated rings. The van der Waals surface area contributed by atoms with Crippen LogP contribution in [0.5, 0.6) is 0 Å². The molecule has 3 N–H and O–H groups in total. The second-order valence-electron chi connectivity index (χ2n) is 3.91. The Hall–Kier alpha value is -0.570. The van der Waals surface area contributed by atoms with Crippen LogP contribution >= 0.6 is 47.8 Å². The van der Waals surface area contributed by atoms with E-state index in [2.05, 4.69) is 52.5 Å². The van der Waals surface area contributed by atoms with Gasteiger partial charge in [-0.3, -0.25) is 4.72 Å². The third-order valence-corrected chi connectivity index (χ3v) is 5.69. The molecule has 106 valence electrons. The van der Waals surface area contributed by atoms with Crippen molar-refractivity contribution in [3.63, 3.8) is 0 Å². The molecule has 0 heterocycles. The molecule has 0 amide bonds. The van der Waals surface area contributed by atoms with E-state index in [0.29, 0.717) is 20.3 Å². The molecule has 0 radical (unpaired) electrons. The summed E-state index contributed by atoms with van der Waals surface area (Å²) in [6.45, 7) is 0. The van der Waals surface area contributed by atoms with E-state index in [-0.39, 0.29) is 4.90 Å². The SMILES string of the molecule is Nc1ccc(S(=O)(=O)Nc2cc(Br)ccc2Br)cc1Br. The highest BCUT2D eigenvalue weighted by atomic mass is 79.9. The average Bonchev–Trinajstić information content (AvgIpc) is 2.36. The second-order valence-corrected chi connectivity index (χ2v) is 8.22. The number of hydrogen-bond donors (Lipinski definition) is 2. The van der Waals surface area contributed by atoms with E-state index < -0.39 is 10.0 Å². The maximum atomic E-state index is 12.3. The smallest absolute Gasteiger partial charge is 0.261 e. The topological polar surface area (TPSA) is 72.2 Å². The van der Waals surface area contributed by atoms with Crippen LogP contribution in [0.1, 0.15) is 0 Å². The van der Waals surface area contributed by atoms with Gasteiger partial charge in [0.05, 0.1) is 10.6 Å². The Labute approximate surface area is 142 Å². The van der Waals surface area contributed by atoms with Crippen LogP contribution in [-0.2, 0) is 10.0 Å². The zero-order chi connectivity index (χ0) is 14.9. The molecule has 4 nitrogen and oxygen atoms in total. The van der Waals surface area contributed by atoms with Crippen LogP contribution in [0.25, 0.3) is 0 Å². The normalized spacial score (nSPS) is 11.3. The van der Waals surface area contributed by atoms with Crippen LogP contribution in [0.15, 0.2) is 54.7 Å². The van der Waals surface area contributed by atoms with Gasteiger partial charge in [-0.1, -0.05) is 15.9 Å². The van der Waals surface area contributed by atoms with E-state index in [0.717, 1.165) is 4.47 Å². The maximum Gasteiger partial charge on any atom is 0.261 e. The Balaban J connectivity index is 2.40. The molecule has 0 aliphatic rings. The largest absolute Gasteiger partial charge is 0.398 e. The first-order valence-electron chi connectivity index (χ1n) is 5.32. The monoisotopic (exact) mass is 482 g/mol. The molecular weight excluding hydrogens is 476 g/mol. The van der Waals surface area contributed by atoms with Crippen molar-refractivity contribution in [2.45, 2.75) is 4.90 Å². The predicted molar refractivity (Wildman–Crippen MR) is 91.2 cm³/mol. The van der Waals surface area contributed by atoms with Gasteiger partial charge >= 0.3 is 0 Å². The fourth-order valence-corrected chi connectivity index (χ4v) is 3.92. The van der Waals surface area contributed by atoms with E-state index in [9.17, 15) is 8.42 Å². The molecule has 0 aliphatic carbocycles. The molecule has 2 rings (SSSR count). The average molecular weight is 485 g/mol. The van der Waals surface area contributed by atoms with Crippen molar-refractivity contribution in [2.75, 3.05) is 10.5 Å². The first kappa shape index (κ1) is 15.8. The molecule has 0 bridgehead atoms. The second kappa shape index (κ2) is 6.05. The lowest BCUT2D eigenvalue weighted by molar-refractivity contribution is 0.601. The molecule has 2 aromatic carbocycles. The molecule has 0 atom stereocenters. The summed E-state index contributed by atoms with van der Waals surface area (Å²) in [5.41, 5.74) is 6.58. The Morgan fingerprint density at radius 1 is 0.950 bits per heavy atom. The number of nitrogens with two attached hydrogens (primary N) is 1. The van der Waals surface area contributed by atoms with Gasteiger partial charge in [0.2, 0.25) is 0 Å². The molecular formula is C12H9Br3N2O2S. The van der Waals surface area contributed by atoms with Crippen molar-refractivity contribution in [3.8, 4) is 0 Å². The molecule has 0 saturated carbocycles. The van der Waals surface area contributed by atoms with Crippen molar-refractivity contribution in [1.29, 1.82) is 0 Å². The highest BCUT2D eigenvalue weighted by Gasteiger charge is 2.16. The maximum absolute atomic E-state index is 12.3. The van der Waals surface area contributed by atoms with Gasteiger partial charge in [0.1, 0.15) is 0 Å². The molecule has 0 saturated heterocycles. The number of benzene rings is 2. The number of halogens is 3. The highest BCUT2D eigenvalue weighted by Crippen LogP contribution is 2.29. The molecule has 8 heteroatoms. The summed E-state index contributed by atoms with van der Waals surface area (Å²) in [7, 11) is -3.68. The number of nitrogens with one attached hydrogen (secondary N) is 1. The Bertz CT molecular complexity index is 763. The van der Waals surface area contributed by atoms with E-state index in [4.69, 9.17) is 5.73 Å². The first-order chi connectivity index (χ1) is 9.29. The zero-order valence-corrected chi connectivity index (χ0v) is 15.5. The van der Waals surface area contributed by atoms with Crippen LogP contribution in [0.2, 0.25) is 0 Å². The van der Waals surface area contributed by atoms with Gasteiger partial charge in [-0.15, -0.1) is 0 Å². The third kappa shape index (κ3) is 3.55.